The van der Waals surface area contributed by atoms with Crippen LogP contribution in [-0.2, 0) is 9.53 Å². The predicted molar refractivity (Wildman–Crippen MR) is 41.9 cm³/mol. The van der Waals surface area contributed by atoms with Gasteiger partial charge in [-0.25, -0.2) is 11.4 Å². The highest BCUT2D eigenvalue weighted by molar-refractivity contribution is 5.77. The summed E-state index contributed by atoms with van der Waals surface area (Å²) in [6, 6.07) is -0.611. The third-order valence-corrected chi connectivity index (χ3v) is 1.32. The third kappa shape index (κ3) is 3.61. The number of rotatable bonds is 3. The van der Waals surface area contributed by atoms with Crippen LogP contribution in [0.1, 0.15) is 20.3 Å². The average molecular weight is 155 g/mol. The molecule has 0 aliphatic carbocycles. The molecule has 11 heavy (non-hydrogen) atoms. The van der Waals surface area contributed by atoms with Crippen molar-refractivity contribution in [2.75, 3.05) is 7.11 Å². The van der Waals surface area contributed by atoms with E-state index in [1.54, 1.807) is 0 Å². The van der Waals surface area contributed by atoms with Crippen molar-refractivity contribution in [2.45, 2.75) is 26.3 Å². The molecule has 3 heteroatoms. The van der Waals surface area contributed by atoms with E-state index in [1.165, 1.54) is 7.11 Å². The van der Waals surface area contributed by atoms with Gasteiger partial charge in [0.05, 0.1) is 7.11 Å². The fourth-order valence-corrected chi connectivity index (χ4v) is 0.784. The lowest BCUT2D eigenvalue weighted by Crippen LogP contribution is -2.20. The highest BCUT2D eigenvalue weighted by Gasteiger charge is 2.24. The van der Waals surface area contributed by atoms with Crippen LogP contribution in [0.4, 0.5) is 0 Å². The van der Waals surface area contributed by atoms with Crippen LogP contribution in [0.25, 0.3) is 4.85 Å². The molecule has 0 saturated carbocycles. The first kappa shape index (κ1) is 9.96. The van der Waals surface area contributed by atoms with Gasteiger partial charge in [-0.2, -0.15) is 0 Å². The molecule has 0 rings (SSSR count). The van der Waals surface area contributed by atoms with Gasteiger partial charge in [0, 0.05) is 6.42 Å². The quantitative estimate of drug-likeness (QED) is 0.456. The Hall–Kier alpha value is -1.04. The van der Waals surface area contributed by atoms with Gasteiger partial charge in [-0.1, -0.05) is 13.8 Å². The Morgan fingerprint density at radius 3 is 2.45 bits per heavy atom. The average Bonchev–Trinajstić information content (AvgIpc) is 1.98. The minimum atomic E-state index is -0.611. The van der Waals surface area contributed by atoms with Crippen molar-refractivity contribution < 1.29 is 9.53 Å². The van der Waals surface area contributed by atoms with Crippen LogP contribution < -0.4 is 0 Å². The molecule has 0 saturated heterocycles. The highest BCUT2D eigenvalue weighted by Crippen LogP contribution is 2.08. The van der Waals surface area contributed by atoms with Crippen molar-refractivity contribution in [1.82, 2.24) is 0 Å². The second-order valence-corrected chi connectivity index (χ2v) is 2.80. The zero-order chi connectivity index (χ0) is 8.85. The number of carbonyl (C=O) groups excluding carboxylic acids is 1. The largest absolute Gasteiger partial charge is 0.463 e. The predicted octanol–water partition coefficient (Wildman–Crippen LogP) is 1.49. The molecule has 62 valence electrons. The number of ether oxygens (including phenoxy) is 1. The van der Waals surface area contributed by atoms with Gasteiger partial charge < -0.3 is 9.58 Å². The van der Waals surface area contributed by atoms with Crippen LogP contribution in [0.15, 0.2) is 0 Å². The highest BCUT2D eigenvalue weighted by atomic mass is 16.5. The first-order chi connectivity index (χ1) is 5.11. The van der Waals surface area contributed by atoms with Gasteiger partial charge in [0.15, 0.2) is 0 Å². The number of hydrogen-bond acceptors (Lipinski definition) is 2. The Morgan fingerprint density at radius 2 is 2.18 bits per heavy atom. The van der Waals surface area contributed by atoms with E-state index in [4.69, 9.17) is 6.57 Å². The van der Waals surface area contributed by atoms with Crippen molar-refractivity contribution in [1.29, 1.82) is 0 Å². The Balaban J connectivity index is 3.98. The van der Waals surface area contributed by atoms with Crippen LogP contribution >= 0.6 is 0 Å². The van der Waals surface area contributed by atoms with E-state index >= 15 is 0 Å². The molecule has 1 atom stereocenters. The summed E-state index contributed by atoms with van der Waals surface area (Å²) in [7, 11) is 1.31. The molecular weight excluding hydrogens is 142 g/mol. The molecule has 0 aliphatic heterocycles. The second kappa shape index (κ2) is 4.73. The van der Waals surface area contributed by atoms with Crippen molar-refractivity contribution in [2.24, 2.45) is 5.92 Å². The van der Waals surface area contributed by atoms with Crippen LogP contribution in [0.2, 0.25) is 0 Å². The van der Waals surface area contributed by atoms with Crippen molar-refractivity contribution in [3.8, 4) is 0 Å². The summed E-state index contributed by atoms with van der Waals surface area (Å²) in [5, 5.41) is 0. The van der Waals surface area contributed by atoms with E-state index in [0.29, 0.717) is 12.3 Å². The van der Waals surface area contributed by atoms with Gasteiger partial charge in [0.25, 0.3) is 0 Å². The Bertz CT molecular complexity index is 169. The van der Waals surface area contributed by atoms with Gasteiger partial charge >= 0.3 is 12.0 Å². The topological polar surface area (TPSA) is 30.7 Å². The summed E-state index contributed by atoms with van der Waals surface area (Å²) in [6.07, 6.45) is 0.580. The van der Waals surface area contributed by atoms with E-state index in [9.17, 15) is 4.79 Å². The van der Waals surface area contributed by atoms with E-state index in [1.807, 2.05) is 13.8 Å². The smallest absolute Gasteiger partial charge is 0.389 e. The van der Waals surface area contributed by atoms with E-state index in [-0.39, 0.29) is 0 Å². The molecule has 0 bridgehead atoms. The number of esters is 1. The van der Waals surface area contributed by atoms with Crippen LogP contribution in [0.3, 0.4) is 0 Å². The summed E-state index contributed by atoms with van der Waals surface area (Å²) in [6.45, 7) is 10.7. The zero-order valence-corrected chi connectivity index (χ0v) is 7.13. The maximum Gasteiger partial charge on any atom is 0.389 e. The Labute approximate surface area is 67.2 Å². The standard InChI is InChI=1S/C8H13NO2/c1-6(2)5-7(9-3)8(10)11-4/h6-7H,5H2,1-2,4H3/t7-/m1/s1. The normalized spacial score (nSPS) is 12.3. The van der Waals surface area contributed by atoms with Crippen LogP contribution in [0, 0.1) is 12.5 Å². The maximum absolute atomic E-state index is 10.8. The molecular formula is C8H13NO2. The van der Waals surface area contributed by atoms with Gasteiger partial charge in [0.2, 0.25) is 0 Å². The molecule has 3 nitrogen and oxygen atoms in total. The monoisotopic (exact) mass is 155 g/mol. The maximum atomic E-state index is 10.8. The summed E-state index contributed by atoms with van der Waals surface area (Å²) in [5.41, 5.74) is 0. The summed E-state index contributed by atoms with van der Waals surface area (Å²) in [4.78, 5) is 14.0. The first-order valence-corrected chi connectivity index (χ1v) is 3.56. The summed E-state index contributed by atoms with van der Waals surface area (Å²) >= 11 is 0. The second-order valence-electron chi connectivity index (χ2n) is 2.80. The lowest BCUT2D eigenvalue weighted by atomic mass is 10.0. The van der Waals surface area contributed by atoms with Gasteiger partial charge in [0.1, 0.15) is 0 Å². The molecule has 0 aliphatic rings. The van der Waals surface area contributed by atoms with Gasteiger partial charge in [-0.15, -0.1) is 0 Å². The minimum absolute atomic E-state index is 0.355. The fraction of sp³-hybridized carbons (Fsp3) is 0.750. The van der Waals surface area contributed by atoms with Crippen molar-refractivity contribution in [3.63, 3.8) is 0 Å². The molecule has 0 radical (unpaired) electrons. The van der Waals surface area contributed by atoms with Crippen LogP contribution in [-0.4, -0.2) is 19.1 Å². The summed E-state index contributed by atoms with van der Waals surface area (Å²) < 4.78 is 4.45. The Morgan fingerprint density at radius 1 is 1.64 bits per heavy atom. The van der Waals surface area contributed by atoms with Gasteiger partial charge in [-0.05, 0) is 5.92 Å². The lowest BCUT2D eigenvalue weighted by Gasteiger charge is -2.04. The third-order valence-electron chi connectivity index (χ3n) is 1.32. The molecule has 0 fully saturated rings. The molecule has 0 amide bonds. The Kier molecular flexibility index (Phi) is 4.28. The fourth-order valence-electron chi connectivity index (χ4n) is 0.784. The van der Waals surface area contributed by atoms with E-state index < -0.39 is 12.0 Å². The minimum Gasteiger partial charge on any atom is -0.463 e. The van der Waals surface area contributed by atoms with E-state index in [0.717, 1.165) is 0 Å². The van der Waals surface area contributed by atoms with Crippen LogP contribution in [0.5, 0.6) is 0 Å². The molecule has 0 spiro atoms. The lowest BCUT2D eigenvalue weighted by molar-refractivity contribution is -0.141. The van der Waals surface area contributed by atoms with Crippen molar-refractivity contribution >= 4 is 5.97 Å². The molecule has 0 heterocycles. The molecule has 0 N–H and O–H groups in total. The molecule has 0 aromatic carbocycles. The van der Waals surface area contributed by atoms with E-state index in [2.05, 4.69) is 9.58 Å². The number of carbonyl (C=O) groups is 1. The number of methoxy groups -OCH3 is 1. The SMILES string of the molecule is [C-]#[N+][C@H](CC(C)C)C(=O)OC. The van der Waals surface area contributed by atoms with Gasteiger partial charge in [-0.3, -0.25) is 0 Å². The molecule has 0 aromatic rings. The number of hydrogen-bond donors (Lipinski definition) is 0. The first-order valence-electron chi connectivity index (χ1n) is 3.56. The molecule has 0 unspecified atom stereocenters. The zero-order valence-electron chi connectivity index (χ0n) is 7.13. The number of nitrogens with zero attached hydrogens (tertiary/aromatic N) is 1. The summed E-state index contributed by atoms with van der Waals surface area (Å²) in [5.74, 6) is -0.0677. The van der Waals surface area contributed by atoms with Crippen molar-refractivity contribution in [3.05, 3.63) is 11.4 Å². The molecule has 0 aromatic heterocycles.